The maximum absolute atomic E-state index is 13.9. The van der Waals surface area contributed by atoms with Crippen molar-refractivity contribution in [3.63, 3.8) is 0 Å². The minimum Gasteiger partial charge on any atom is -0.383 e. The Morgan fingerprint density at radius 1 is 1.20 bits per heavy atom. The van der Waals surface area contributed by atoms with Crippen molar-refractivity contribution in [2.45, 2.75) is 33.1 Å². The second kappa shape index (κ2) is 7.92. The minimum atomic E-state index is -0.148. The molecule has 1 unspecified atom stereocenters. The third-order valence-corrected chi connectivity index (χ3v) is 6.51. The second-order valence-corrected chi connectivity index (χ2v) is 9.04. The first-order valence-electron chi connectivity index (χ1n) is 11.5. The number of hydrogen-bond donors (Lipinski definition) is 1. The Kier molecular flexibility index (Phi) is 4.82. The number of anilines is 2. The zero-order valence-electron chi connectivity index (χ0n) is 19.8. The van der Waals surface area contributed by atoms with Crippen LogP contribution in [0.1, 0.15) is 45.8 Å². The van der Waals surface area contributed by atoms with Gasteiger partial charge in [0.1, 0.15) is 11.5 Å². The average Bonchev–Trinajstić information content (AvgIpc) is 3.55. The Labute approximate surface area is 201 Å². The lowest BCUT2D eigenvalue weighted by Gasteiger charge is -2.20. The fraction of sp³-hybridized carbons (Fsp3) is 0.231. The van der Waals surface area contributed by atoms with Crippen LogP contribution in [0.5, 0.6) is 0 Å². The van der Waals surface area contributed by atoms with E-state index in [-0.39, 0.29) is 12.0 Å². The number of rotatable bonds is 4. The number of nitrogens with zero attached hydrogens (tertiary/aromatic N) is 6. The van der Waals surface area contributed by atoms with E-state index in [0.29, 0.717) is 30.2 Å². The number of imidazole rings is 1. The summed E-state index contributed by atoms with van der Waals surface area (Å²) in [5.41, 5.74) is 12.9. The lowest BCUT2D eigenvalue weighted by molar-refractivity contribution is 0.0801. The Morgan fingerprint density at radius 2 is 2.06 bits per heavy atom. The van der Waals surface area contributed by atoms with Crippen molar-refractivity contribution in [2.75, 3.05) is 10.6 Å². The molecular weight excluding hydrogens is 442 g/mol. The molecule has 35 heavy (non-hydrogen) atoms. The molecule has 1 aliphatic rings. The Morgan fingerprint density at radius 3 is 2.86 bits per heavy atom. The SMILES string of the molecule is Cc1ccc2nc(CN(C(=O)c3ccc4nc(N)c5c(c4c3)COC5C)c3cnn(C)c3)cn2c1. The lowest BCUT2D eigenvalue weighted by atomic mass is 10.00. The van der Waals surface area contributed by atoms with Gasteiger partial charge in [-0.1, -0.05) is 6.07 Å². The number of ether oxygens (including phenoxy) is 1. The van der Waals surface area contributed by atoms with Crippen LogP contribution in [-0.4, -0.2) is 30.1 Å². The summed E-state index contributed by atoms with van der Waals surface area (Å²) in [6, 6.07) is 9.52. The molecule has 0 saturated heterocycles. The van der Waals surface area contributed by atoms with Gasteiger partial charge in [0, 0.05) is 42.2 Å². The van der Waals surface area contributed by atoms with Gasteiger partial charge in [-0.25, -0.2) is 9.97 Å². The molecule has 9 heteroatoms. The van der Waals surface area contributed by atoms with E-state index in [0.717, 1.165) is 38.9 Å². The molecule has 1 aliphatic heterocycles. The number of carbonyl (C=O) groups excluding carboxylic acids is 1. The maximum atomic E-state index is 13.9. The number of carbonyl (C=O) groups is 1. The number of amides is 1. The molecule has 1 atom stereocenters. The van der Waals surface area contributed by atoms with Crippen LogP contribution in [0.15, 0.2) is 55.1 Å². The van der Waals surface area contributed by atoms with Gasteiger partial charge in [0.05, 0.1) is 42.4 Å². The van der Waals surface area contributed by atoms with Crippen molar-refractivity contribution < 1.29 is 9.53 Å². The molecule has 5 heterocycles. The fourth-order valence-corrected chi connectivity index (χ4v) is 4.78. The number of nitrogens with two attached hydrogens (primary N) is 1. The third kappa shape index (κ3) is 3.60. The van der Waals surface area contributed by atoms with Crippen molar-refractivity contribution in [1.82, 2.24) is 24.1 Å². The average molecular weight is 468 g/mol. The monoisotopic (exact) mass is 467 g/mol. The summed E-state index contributed by atoms with van der Waals surface area (Å²) >= 11 is 0. The molecule has 176 valence electrons. The quantitative estimate of drug-likeness (QED) is 0.429. The molecule has 0 bridgehead atoms. The highest BCUT2D eigenvalue weighted by atomic mass is 16.5. The highest BCUT2D eigenvalue weighted by Gasteiger charge is 2.27. The van der Waals surface area contributed by atoms with Crippen molar-refractivity contribution in [3.8, 4) is 0 Å². The molecule has 0 aliphatic carbocycles. The first-order valence-corrected chi connectivity index (χ1v) is 11.5. The van der Waals surface area contributed by atoms with E-state index < -0.39 is 0 Å². The van der Waals surface area contributed by atoms with E-state index in [1.807, 2.05) is 68.2 Å². The molecule has 5 aromatic rings. The van der Waals surface area contributed by atoms with Gasteiger partial charge < -0.3 is 14.9 Å². The van der Waals surface area contributed by atoms with Gasteiger partial charge in [-0.05, 0) is 49.2 Å². The topological polar surface area (TPSA) is 104 Å². The molecule has 1 aromatic carbocycles. The van der Waals surface area contributed by atoms with E-state index in [9.17, 15) is 4.79 Å². The van der Waals surface area contributed by atoms with Crippen LogP contribution in [0, 0.1) is 6.92 Å². The van der Waals surface area contributed by atoms with Gasteiger partial charge in [0.2, 0.25) is 0 Å². The van der Waals surface area contributed by atoms with Crippen LogP contribution in [0.2, 0.25) is 0 Å². The maximum Gasteiger partial charge on any atom is 0.258 e. The van der Waals surface area contributed by atoms with Crippen LogP contribution in [0.25, 0.3) is 16.6 Å². The van der Waals surface area contributed by atoms with Crippen LogP contribution in [0.4, 0.5) is 11.5 Å². The number of pyridine rings is 2. The van der Waals surface area contributed by atoms with E-state index in [1.54, 1.807) is 21.8 Å². The first kappa shape index (κ1) is 21.3. The van der Waals surface area contributed by atoms with Crippen LogP contribution in [-0.2, 0) is 24.9 Å². The smallest absolute Gasteiger partial charge is 0.258 e. The van der Waals surface area contributed by atoms with Crippen LogP contribution < -0.4 is 10.6 Å². The number of hydrogen-bond acceptors (Lipinski definition) is 6. The van der Waals surface area contributed by atoms with Gasteiger partial charge in [-0.2, -0.15) is 5.10 Å². The van der Waals surface area contributed by atoms with Crippen molar-refractivity contribution in [2.24, 2.45) is 7.05 Å². The standard InChI is InChI=1S/C26H25N7O2/c1-15-4-7-23-29-18(11-32(23)10-15)12-33(19-9-28-31(3)13-19)26(34)17-5-6-22-20(8-17)21-14-35-16(2)24(21)25(27)30-22/h4-11,13,16H,12,14H2,1-3H3,(H2,27,30). The molecule has 2 N–H and O–H groups in total. The van der Waals surface area contributed by atoms with E-state index in [4.69, 9.17) is 15.5 Å². The zero-order chi connectivity index (χ0) is 24.3. The Bertz CT molecular complexity index is 1620. The highest BCUT2D eigenvalue weighted by molar-refractivity contribution is 6.08. The third-order valence-electron chi connectivity index (χ3n) is 6.51. The molecule has 1 amide bonds. The molecule has 0 radical (unpaired) electrons. The van der Waals surface area contributed by atoms with Gasteiger partial charge in [0.15, 0.2) is 0 Å². The molecule has 9 nitrogen and oxygen atoms in total. The highest BCUT2D eigenvalue weighted by Crippen LogP contribution is 2.38. The zero-order valence-corrected chi connectivity index (χ0v) is 19.8. The van der Waals surface area contributed by atoms with Gasteiger partial charge in [-0.3, -0.25) is 14.4 Å². The van der Waals surface area contributed by atoms with Crippen LogP contribution in [0.3, 0.4) is 0 Å². The van der Waals surface area contributed by atoms with Gasteiger partial charge in [0.25, 0.3) is 5.91 Å². The molecule has 4 aromatic heterocycles. The number of aryl methyl sites for hydroxylation is 2. The number of fused-ring (bicyclic) bond motifs is 4. The second-order valence-electron chi connectivity index (χ2n) is 9.04. The summed E-state index contributed by atoms with van der Waals surface area (Å²) in [6.45, 7) is 4.76. The summed E-state index contributed by atoms with van der Waals surface area (Å²) in [5, 5.41) is 5.17. The normalized spacial score (nSPS) is 15.1. The Hall–Kier alpha value is -4.24. The minimum absolute atomic E-state index is 0.119. The van der Waals surface area contributed by atoms with Gasteiger partial charge >= 0.3 is 0 Å². The predicted molar refractivity (Wildman–Crippen MR) is 133 cm³/mol. The van der Waals surface area contributed by atoms with E-state index in [1.165, 1.54) is 0 Å². The van der Waals surface area contributed by atoms with Crippen molar-refractivity contribution in [3.05, 3.63) is 83.1 Å². The Balaban J connectivity index is 1.42. The molecule has 0 fully saturated rings. The predicted octanol–water partition coefficient (Wildman–Crippen LogP) is 3.94. The molecule has 6 rings (SSSR count). The van der Waals surface area contributed by atoms with Crippen molar-refractivity contribution in [1.29, 1.82) is 0 Å². The summed E-state index contributed by atoms with van der Waals surface area (Å²) in [4.78, 5) is 24.9. The first-order chi connectivity index (χ1) is 16.9. The van der Waals surface area contributed by atoms with Gasteiger partial charge in [-0.15, -0.1) is 0 Å². The number of aromatic nitrogens is 5. The van der Waals surface area contributed by atoms with Crippen molar-refractivity contribution >= 4 is 34.0 Å². The fourth-order valence-electron chi connectivity index (χ4n) is 4.78. The van der Waals surface area contributed by atoms with E-state index in [2.05, 4.69) is 10.1 Å². The molecule has 0 saturated carbocycles. The summed E-state index contributed by atoms with van der Waals surface area (Å²) in [7, 11) is 1.83. The number of benzene rings is 1. The number of nitrogen functional groups attached to an aromatic ring is 1. The lowest BCUT2D eigenvalue weighted by Crippen LogP contribution is -2.30. The summed E-state index contributed by atoms with van der Waals surface area (Å²) < 4.78 is 9.47. The largest absolute Gasteiger partial charge is 0.383 e. The molecular formula is C26H25N7O2. The molecule has 0 spiro atoms. The summed E-state index contributed by atoms with van der Waals surface area (Å²) in [6.07, 6.45) is 7.38. The van der Waals surface area contributed by atoms with Crippen LogP contribution >= 0.6 is 0 Å². The summed E-state index contributed by atoms with van der Waals surface area (Å²) in [5.74, 6) is 0.335. The van der Waals surface area contributed by atoms with E-state index >= 15 is 0 Å².